The molecule has 0 bridgehead atoms. The summed E-state index contributed by atoms with van der Waals surface area (Å²) >= 11 is 0. The minimum atomic E-state index is -0.329. The summed E-state index contributed by atoms with van der Waals surface area (Å²) in [5, 5.41) is 5.15. The molecule has 6 heteroatoms. The standard InChI is InChI=1S/C10H14N4O2/c1-7(5-9(15)11-2)14-10(16)8-6-12-3-4-13-8/h3-4,6-7H,5H2,1-2H3,(H,11,15)(H,14,16). The molecule has 0 saturated heterocycles. The van der Waals surface area contributed by atoms with Crippen LogP contribution >= 0.6 is 0 Å². The highest BCUT2D eigenvalue weighted by Crippen LogP contribution is 1.95. The van der Waals surface area contributed by atoms with Crippen molar-refractivity contribution in [2.24, 2.45) is 0 Å². The topological polar surface area (TPSA) is 84.0 Å². The van der Waals surface area contributed by atoms with Gasteiger partial charge in [-0.15, -0.1) is 0 Å². The maximum absolute atomic E-state index is 11.6. The quantitative estimate of drug-likeness (QED) is 0.734. The predicted molar refractivity (Wildman–Crippen MR) is 57.6 cm³/mol. The SMILES string of the molecule is CNC(=O)CC(C)NC(=O)c1cnccn1. The van der Waals surface area contributed by atoms with Crippen molar-refractivity contribution in [1.29, 1.82) is 0 Å². The van der Waals surface area contributed by atoms with Gasteiger partial charge in [0.15, 0.2) is 0 Å². The fourth-order valence-corrected chi connectivity index (χ4v) is 1.15. The van der Waals surface area contributed by atoms with Crippen LogP contribution in [0.5, 0.6) is 0 Å². The summed E-state index contributed by atoms with van der Waals surface area (Å²) in [6.07, 6.45) is 4.55. The normalized spacial score (nSPS) is 11.6. The Labute approximate surface area is 93.5 Å². The predicted octanol–water partition coefficient (Wildman–Crippen LogP) is -0.269. The molecule has 6 nitrogen and oxygen atoms in total. The average Bonchev–Trinajstić information content (AvgIpc) is 2.29. The first-order valence-electron chi connectivity index (χ1n) is 4.91. The molecule has 0 radical (unpaired) electrons. The molecule has 1 aromatic heterocycles. The van der Waals surface area contributed by atoms with Gasteiger partial charge in [-0.1, -0.05) is 0 Å². The van der Waals surface area contributed by atoms with Crippen LogP contribution in [0.3, 0.4) is 0 Å². The van der Waals surface area contributed by atoms with Crippen molar-refractivity contribution >= 4 is 11.8 Å². The van der Waals surface area contributed by atoms with Crippen molar-refractivity contribution in [2.75, 3.05) is 7.05 Å². The Morgan fingerprint density at radius 1 is 1.44 bits per heavy atom. The van der Waals surface area contributed by atoms with Crippen LogP contribution in [0.1, 0.15) is 23.8 Å². The van der Waals surface area contributed by atoms with Gasteiger partial charge in [0.2, 0.25) is 5.91 Å². The molecule has 1 atom stereocenters. The monoisotopic (exact) mass is 222 g/mol. The third kappa shape index (κ3) is 3.64. The van der Waals surface area contributed by atoms with E-state index in [-0.39, 0.29) is 30.0 Å². The smallest absolute Gasteiger partial charge is 0.271 e. The Morgan fingerprint density at radius 2 is 2.19 bits per heavy atom. The molecule has 2 amide bonds. The second kappa shape index (κ2) is 5.79. The number of aromatic nitrogens is 2. The van der Waals surface area contributed by atoms with E-state index in [9.17, 15) is 9.59 Å². The molecular formula is C10H14N4O2. The van der Waals surface area contributed by atoms with E-state index in [0.29, 0.717) is 0 Å². The Bertz CT molecular complexity index is 366. The van der Waals surface area contributed by atoms with Gasteiger partial charge in [0, 0.05) is 31.9 Å². The van der Waals surface area contributed by atoms with Crippen molar-refractivity contribution in [2.45, 2.75) is 19.4 Å². The first kappa shape index (κ1) is 12.1. The maximum Gasteiger partial charge on any atom is 0.271 e. The second-order valence-corrected chi connectivity index (χ2v) is 3.34. The summed E-state index contributed by atoms with van der Waals surface area (Å²) in [7, 11) is 1.56. The van der Waals surface area contributed by atoms with E-state index in [0.717, 1.165) is 0 Å². The number of nitrogens with one attached hydrogen (secondary N) is 2. The highest BCUT2D eigenvalue weighted by molar-refractivity contribution is 5.92. The Morgan fingerprint density at radius 3 is 2.75 bits per heavy atom. The van der Waals surface area contributed by atoms with Crippen LogP contribution in [0.25, 0.3) is 0 Å². The van der Waals surface area contributed by atoms with E-state index in [4.69, 9.17) is 0 Å². The molecule has 0 saturated carbocycles. The molecule has 1 unspecified atom stereocenters. The highest BCUT2D eigenvalue weighted by Gasteiger charge is 2.13. The summed E-state index contributed by atoms with van der Waals surface area (Å²) < 4.78 is 0. The van der Waals surface area contributed by atoms with E-state index >= 15 is 0 Å². The van der Waals surface area contributed by atoms with Crippen molar-refractivity contribution in [1.82, 2.24) is 20.6 Å². The number of hydrogen-bond acceptors (Lipinski definition) is 4. The first-order chi connectivity index (χ1) is 7.63. The number of hydrogen-bond donors (Lipinski definition) is 2. The van der Waals surface area contributed by atoms with Crippen molar-refractivity contribution in [3.8, 4) is 0 Å². The number of amides is 2. The second-order valence-electron chi connectivity index (χ2n) is 3.34. The maximum atomic E-state index is 11.6. The molecule has 1 aromatic rings. The number of carbonyl (C=O) groups excluding carboxylic acids is 2. The van der Waals surface area contributed by atoms with Crippen LogP contribution in [0.4, 0.5) is 0 Å². The van der Waals surface area contributed by atoms with E-state index in [2.05, 4.69) is 20.6 Å². The molecule has 0 fully saturated rings. The fourth-order valence-electron chi connectivity index (χ4n) is 1.15. The minimum Gasteiger partial charge on any atom is -0.359 e. The van der Waals surface area contributed by atoms with Crippen LogP contribution < -0.4 is 10.6 Å². The molecule has 0 spiro atoms. The lowest BCUT2D eigenvalue weighted by molar-refractivity contribution is -0.120. The zero-order valence-corrected chi connectivity index (χ0v) is 9.23. The third-order valence-corrected chi connectivity index (χ3v) is 1.94. The van der Waals surface area contributed by atoms with Gasteiger partial charge in [-0.05, 0) is 6.92 Å². The van der Waals surface area contributed by atoms with E-state index < -0.39 is 0 Å². The van der Waals surface area contributed by atoms with Crippen LogP contribution in [-0.2, 0) is 4.79 Å². The summed E-state index contributed by atoms with van der Waals surface area (Å²) in [6, 6.07) is -0.241. The van der Waals surface area contributed by atoms with E-state index in [1.54, 1.807) is 14.0 Å². The Balaban J connectivity index is 2.49. The van der Waals surface area contributed by atoms with Gasteiger partial charge in [0.05, 0.1) is 6.20 Å². The average molecular weight is 222 g/mol. The summed E-state index contributed by atoms with van der Waals surface area (Å²) in [5.74, 6) is -0.448. The van der Waals surface area contributed by atoms with Gasteiger partial charge in [-0.25, -0.2) is 4.98 Å². The molecule has 0 aliphatic carbocycles. The zero-order chi connectivity index (χ0) is 12.0. The van der Waals surface area contributed by atoms with Gasteiger partial charge < -0.3 is 10.6 Å². The molecule has 16 heavy (non-hydrogen) atoms. The van der Waals surface area contributed by atoms with E-state index in [1.807, 2.05) is 0 Å². The zero-order valence-electron chi connectivity index (χ0n) is 9.23. The largest absolute Gasteiger partial charge is 0.359 e. The van der Waals surface area contributed by atoms with Crippen molar-refractivity contribution in [3.05, 3.63) is 24.3 Å². The molecule has 0 aromatic carbocycles. The minimum absolute atomic E-state index is 0.119. The summed E-state index contributed by atoms with van der Waals surface area (Å²) in [4.78, 5) is 30.3. The van der Waals surface area contributed by atoms with Gasteiger partial charge >= 0.3 is 0 Å². The van der Waals surface area contributed by atoms with E-state index in [1.165, 1.54) is 18.6 Å². The molecule has 1 rings (SSSR count). The molecule has 2 N–H and O–H groups in total. The van der Waals surface area contributed by atoms with Crippen LogP contribution in [-0.4, -0.2) is 34.9 Å². The van der Waals surface area contributed by atoms with Gasteiger partial charge in [-0.3, -0.25) is 14.6 Å². The lowest BCUT2D eigenvalue weighted by Crippen LogP contribution is -2.36. The van der Waals surface area contributed by atoms with Gasteiger partial charge in [-0.2, -0.15) is 0 Å². The molecule has 0 aliphatic rings. The molecule has 86 valence electrons. The highest BCUT2D eigenvalue weighted by atomic mass is 16.2. The van der Waals surface area contributed by atoms with Gasteiger partial charge in [0.25, 0.3) is 5.91 Å². The van der Waals surface area contributed by atoms with Crippen LogP contribution in [0.2, 0.25) is 0 Å². The number of carbonyl (C=O) groups is 2. The number of nitrogens with zero attached hydrogens (tertiary/aromatic N) is 2. The lowest BCUT2D eigenvalue weighted by atomic mass is 10.2. The van der Waals surface area contributed by atoms with Crippen LogP contribution in [0, 0.1) is 0 Å². The van der Waals surface area contributed by atoms with Crippen molar-refractivity contribution < 1.29 is 9.59 Å². The summed E-state index contributed by atoms with van der Waals surface area (Å²) in [5.41, 5.74) is 0.242. The first-order valence-corrected chi connectivity index (χ1v) is 4.91. The van der Waals surface area contributed by atoms with Crippen LogP contribution in [0.15, 0.2) is 18.6 Å². The third-order valence-electron chi connectivity index (χ3n) is 1.94. The molecular weight excluding hydrogens is 208 g/mol. The van der Waals surface area contributed by atoms with Gasteiger partial charge in [0.1, 0.15) is 5.69 Å². The lowest BCUT2D eigenvalue weighted by Gasteiger charge is -2.12. The Kier molecular flexibility index (Phi) is 4.38. The molecule has 1 heterocycles. The summed E-state index contributed by atoms with van der Waals surface area (Å²) in [6.45, 7) is 1.75. The van der Waals surface area contributed by atoms with Crippen molar-refractivity contribution in [3.63, 3.8) is 0 Å². The number of rotatable bonds is 4. The Hall–Kier alpha value is -1.98. The molecule has 0 aliphatic heterocycles. The fraction of sp³-hybridized carbons (Fsp3) is 0.400.